The zero-order valence-electron chi connectivity index (χ0n) is 15.2. The van der Waals surface area contributed by atoms with Crippen molar-refractivity contribution in [2.75, 3.05) is 13.2 Å². The fourth-order valence-corrected chi connectivity index (χ4v) is 2.57. The largest absolute Gasteiger partial charge is 0.494 e. The highest BCUT2D eigenvalue weighted by molar-refractivity contribution is 5.77. The van der Waals surface area contributed by atoms with E-state index in [1.807, 2.05) is 49.4 Å². The van der Waals surface area contributed by atoms with Crippen molar-refractivity contribution in [3.8, 4) is 11.5 Å². The first-order valence-electron chi connectivity index (χ1n) is 8.84. The number of carbonyl (C=O) groups excluding carboxylic acids is 1. The Kier molecular flexibility index (Phi) is 7.33. The molecule has 1 N–H and O–H groups in total. The molecule has 25 heavy (non-hydrogen) atoms. The molecule has 1 unspecified atom stereocenters. The number of nitrogens with one attached hydrogen (secondary N) is 1. The van der Waals surface area contributed by atoms with Gasteiger partial charge in [-0.15, -0.1) is 0 Å². The van der Waals surface area contributed by atoms with Crippen molar-refractivity contribution in [3.63, 3.8) is 0 Å². The number of amides is 1. The van der Waals surface area contributed by atoms with Crippen molar-refractivity contribution >= 4 is 5.91 Å². The Morgan fingerprint density at radius 3 is 2.40 bits per heavy atom. The average molecular weight is 341 g/mol. The number of ether oxygens (including phenoxy) is 2. The van der Waals surface area contributed by atoms with Gasteiger partial charge in [-0.25, -0.2) is 0 Å². The summed E-state index contributed by atoms with van der Waals surface area (Å²) in [7, 11) is 0. The fraction of sp³-hybridized carbons (Fsp3) is 0.381. The molecular weight excluding hydrogens is 314 g/mol. The highest BCUT2D eigenvalue weighted by Crippen LogP contribution is 2.28. The summed E-state index contributed by atoms with van der Waals surface area (Å²) in [5, 5.41) is 2.89. The molecule has 4 heteroatoms. The third-order valence-electron chi connectivity index (χ3n) is 4.17. The van der Waals surface area contributed by atoms with Gasteiger partial charge >= 0.3 is 0 Å². The number of benzene rings is 2. The Morgan fingerprint density at radius 1 is 1.00 bits per heavy atom. The minimum absolute atomic E-state index is 0.00422. The molecule has 0 bridgehead atoms. The summed E-state index contributed by atoms with van der Waals surface area (Å²) in [4.78, 5) is 12.1. The molecule has 0 heterocycles. The van der Waals surface area contributed by atoms with Gasteiger partial charge in [0.25, 0.3) is 5.91 Å². The third kappa shape index (κ3) is 5.52. The molecule has 1 amide bonds. The van der Waals surface area contributed by atoms with E-state index >= 15 is 0 Å². The van der Waals surface area contributed by atoms with Crippen LogP contribution in [0.15, 0.2) is 48.5 Å². The molecule has 0 aromatic heterocycles. The standard InChI is InChI=1S/C21H27NO3/c1-4-16(3)18-11-7-9-13-20(18)25-15-21(23)22-14-17-10-6-8-12-19(17)24-5-2/h6-13,16H,4-5,14-15H2,1-3H3,(H,22,23). The van der Waals surface area contributed by atoms with Gasteiger partial charge < -0.3 is 14.8 Å². The average Bonchev–Trinajstić information content (AvgIpc) is 2.65. The SMILES string of the molecule is CCOc1ccccc1CNC(=O)COc1ccccc1C(C)CC. The van der Waals surface area contributed by atoms with E-state index in [0.717, 1.165) is 29.0 Å². The van der Waals surface area contributed by atoms with Crippen molar-refractivity contribution in [1.29, 1.82) is 0 Å². The van der Waals surface area contributed by atoms with Crippen LogP contribution in [-0.4, -0.2) is 19.1 Å². The summed E-state index contributed by atoms with van der Waals surface area (Å²) in [6.07, 6.45) is 1.03. The Bertz CT molecular complexity index is 684. The van der Waals surface area contributed by atoms with Crippen LogP contribution in [-0.2, 0) is 11.3 Å². The topological polar surface area (TPSA) is 47.6 Å². The molecule has 0 aliphatic heterocycles. The predicted octanol–water partition coefficient (Wildman–Crippen LogP) is 4.29. The second-order valence-electron chi connectivity index (χ2n) is 5.95. The molecule has 0 saturated carbocycles. The third-order valence-corrected chi connectivity index (χ3v) is 4.17. The van der Waals surface area contributed by atoms with E-state index in [0.29, 0.717) is 19.1 Å². The van der Waals surface area contributed by atoms with Gasteiger partial charge in [-0.3, -0.25) is 4.79 Å². The van der Waals surface area contributed by atoms with Crippen LogP contribution in [0.2, 0.25) is 0 Å². The summed E-state index contributed by atoms with van der Waals surface area (Å²) in [5.74, 6) is 1.83. The summed E-state index contributed by atoms with van der Waals surface area (Å²) < 4.78 is 11.3. The van der Waals surface area contributed by atoms with Crippen molar-refractivity contribution in [2.24, 2.45) is 0 Å². The van der Waals surface area contributed by atoms with Gasteiger partial charge in [0.2, 0.25) is 0 Å². The highest BCUT2D eigenvalue weighted by atomic mass is 16.5. The maximum absolute atomic E-state index is 12.1. The van der Waals surface area contributed by atoms with E-state index in [-0.39, 0.29) is 12.5 Å². The van der Waals surface area contributed by atoms with Gasteiger partial charge in [0.15, 0.2) is 6.61 Å². The Labute approximate surface area is 150 Å². The molecule has 0 radical (unpaired) electrons. The maximum atomic E-state index is 12.1. The van der Waals surface area contributed by atoms with Crippen LogP contribution >= 0.6 is 0 Å². The second-order valence-corrected chi connectivity index (χ2v) is 5.95. The number of para-hydroxylation sites is 2. The van der Waals surface area contributed by atoms with Crippen molar-refractivity contribution in [1.82, 2.24) is 5.32 Å². The summed E-state index contributed by atoms with van der Waals surface area (Å²) >= 11 is 0. The monoisotopic (exact) mass is 341 g/mol. The van der Waals surface area contributed by atoms with Crippen LogP contribution in [0.4, 0.5) is 0 Å². The maximum Gasteiger partial charge on any atom is 0.258 e. The highest BCUT2D eigenvalue weighted by Gasteiger charge is 2.11. The van der Waals surface area contributed by atoms with Crippen LogP contribution in [0.1, 0.15) is 44.2 Å². The lowest BCUT2D eigenvalue weighted by atomic mass is 9.98. The van der Waals surface area contributed by atoms with Gasteiger partial charge in [0, 0.05) is 12.1 Å². The zero-order chi connectivity index (χ0) is 18.1. The molecule has 4 nitrogen and oxygen atoms in total. The lowest BCUT2D eigenvalue weighted by molar-refractivity contribution is -0.123. The first-order chi connectivity index (χ1) is 12.2. The Morgan fingerprint density at radius 2 is 1.68 bits per heavy atom. The van der Waals surface area contributed by atoms with E-state index in [1.165, 1.54) is 0 Å². The Hall–Kier alpha value is -2.49. The van der Waals surface area contributed by atoms with E-state index in [2.05, 4.69) is 25.2 Å². The summed E-state index contributed by atoms with van der Waals surface area (Å²) in [6, 6.07) is 15.6. The van der Waals surface area contributed by atoms with Crippen molar-refractivity contribution in [3.05, 3.63) is 59.7 Å². The molecule has 2 rings (SSSR count). The second kappa shape index (κ2) is 9.72. The lowest BCUT2D eigenvalue weighted by Gasteiger charge is -2.16. The van der Waals surface area contributed by atoms with E-state index in [4.69, 9.17) is 9.47 Å². The molecule has 134 valence electrons. The van der Waals surface area contributed by atoms with Crippen LogP contribution in [0.5, 0.6) is 11.5 Å². The van der Waals surface area contributed by atoms with E-state index in [1.54, 1.807) is 0 Å². The minimum Gasteiger partial charge on any atom is -0.494 e. The summed E-state index contributed by atoms with van der Waals surface area (Å²) in [6.45, 7) is 7.27. The number of rotatable bonds is 9. The van der Waals surface area contributed by atoms with Crippen molar-refractivity contribution in [2.45, 2.75) is 39.7 Å². The molecule has 2 aromatic carbocycles. The van der Waals surface area contributed by atoms with E-state index < -0.39 is 0 Å². The number of hydrogen-bond donors (Lipinski definition) is 1. The first kappa shape index (κ1) is 18.8. The van der Waals surface area contributed by atoms with Crippen LogP contribution in [0.25, 0.3) is 0 Å². The van der Waals surface area contributed by atoms with E-state index in [9.17, 15) is 4.79 Å². The minimum atomic E-state index is -0.148. The van der Waals surface area contributed by atoms with Crippen LogP contribution in [0, 0.1) is 0 Å². The number of carbonyl (C=O) groups is 1. The van der Waals surface area contributed by atoms with Gasteiger partial charge in [0.1, 0.15) is 11.5 Å². The number of hydrogen-bond acceptors (Lipinski definition) is 3. The molecular formula is C21H27NO3. The molecule has 1 atom stereocenters. The fourth-order valence-electron chi connectivity index (χ4n) is 2.57. The Balaban J connectivity index is 1.90. The van der Waals surface area contributed by atoms with Crippen LogP contribution in [0.3, 0.4) is 0 Å². The first-order valence-corrected chi connectivity index (χ1v) is 8.84. The molecule has 0 aliphatic rings. The smallest absolute Gasteiger partial charge is 0.258 e. The molecule has 0 fully saturated rings. The molecule has 2 aromatic rings. The van der Waals surface area contributed by atoms with Gasteiger partial charge in [-0.2, -0.15) is 0 Å². The normalized spacial score (nSPS) is 11.6. The summed E-state index contributed by atoms with van der Waals surface area (Å²) in [5.41, 5.74) is 2.09. The van der Waals surface area contributed by atoms with Crippen LogP contribution < -0.4 is 14.8 Å². The quantitative estimate of drug-likeness (QED) is 0.740. The predicted molar refractivity (Wildman–Crippen MR) is 100 cm³/mol. The zero-order valence-corrected chi connectivity index (χ0v) is 15.2. The van der Waals surface area contributed by atoms with Gasteiger partial charge in [0.05, 0.1) is 6.61 Å². The molecule has 0 saturated heterocycles. The lowest BCUT2D eigenvalue weighted by Crippen LogP contribution is -2.28. The molecule has 0 spiro atoms. The van der Waals surface area contributed by atoms with Crippen molar-refractivity contribution < 1.29 is 14.3 Å². The molecule has 0 aliphatic carbocycles. The van der Waals surface area contributed by atoms with Gasteiger partial charge in [-0.05, 0) is 37.0 Å². The van der Waals surface area contributed by atoms with Gasteiger partial charge in [-0.1, -0.05) is 50.2 Å².